The summed E-state index contributed by atoms with van der Waals surface area (Å²) in [5.74, 6) is 1.06. The first-order valence-corrected chi connectivity index (χ1v) is 15.8. The number of likely N-dealkylation sites (tertiary alicyclic amines) is 1. The van der Waals surface area contributed by atoms with E-state index in [4.69, 9.17) is 19.4 Å². The van der Waals surface area contributed by atoms with Crippen LogP contribution < -0.4 is 15.2 Å². The molecule has 0 unspecified atom stereocenters. The molecule has 4 heterocycles. The van der Waals surface area contributed by atoms with Gasteiger partial charge in [0.1, 0.15) is 24.6 Å². The minimum atomic E-state index is -0.354. The smallest absolute Gasteiger partial charge is 0.410 e. The normalized spacial score (nSPS) is 17.1. The number of benzene rings is 3. The van der Waals surface area contributed by atoms with Crippen LogP contribution in [0.5, 0.6) is 6.01 Å². The molecule has 2 aliphatic rings. The third-order valence-corrected chi connectivity index (χ3v) is 8.97. The number of hydrogen-bond donors (Lipinski definition) is 0. The molecule has 0 radical (unpaired) electrons. The Morgan fingerprint density at radius 3 is 2.41 bits per heavy atom. The second-order valence-electron chi connectivity index (χ2n) is 11.9. The van der Waals surface area contributed by atoms with Crippen molar-refractivity contribution in [2.45, 2.75) is 32.4 Å². The van der Waals surface area contributed by atoms with Gasteiger partial charge in [0.25, 0.3) is 5.56 Å². The third kappa shape index (κ3) is 5.85. The lowest BCUT2D eigenvalue weighted by atomic mass is 10.1. The maximum absolute atomic E-state index is 14.3. The van der Waals surface area contributed by atoms with E-state index in [1.807, 2.05) is 84.6 Å². The number of carbonyl (C=O) groups excluding carboxylic acids is 1. The van der Waals surface area contributed by atoms with Crippen LogP contribution in [-0.4, -0.2) is 87.8 Å². The molecule has 0 bridgehead atoms. The van der Waals surface area contributed by atoms with Gasteiger partial charge in [-0.15, -0.1) is 0 Å². The van der Waals surface area contributed by atoms with Gasteiger partial charge in [-0.3, -0.25) is 9.36 Å². The number of anilines is 1. The van der Waals surface area contributed by atoms with Crippen molar-refractivity contribution in [3.8, 4) is 11.7 Å². The molecule has 2 aliphatic heterocycles. The topological polar surface area (TPSA) is 106 Å². The molecule has 11 heteroatoms. The van der Waals surface area contributed by atoms with E-state index >= 15 is 0 Å². The Hall–Kier alpha value is -5.03. The van der Waals surface area contributed by atoms with Gasteiger partial charge in [0.05, 0.1) is 5.69 Å². The fourth-order valence-electron chi connectivity index (χ4n) is 6.38. The maximum atomic E-state index is 14.3. The van der Waals surface area contributed by atoms with Crippen LogP contribution in [0.1, 0.15) is 24.2 Å². The van der Waals surface area contributed by atoms with Gasteiger partial charge >= 0.3 is 12.1 Å². The molecule has 2 fully saturated rings. The highest BCUT2D eigenvalue weighted by Crippen LogP contribution is 2.28. The van der Waals surface area contributed by atoms with Crippen molar-refractivity contribution in [2.24, 2.45) is 0 Å². The molecular weight excluding hydrogens is 582 g/mol. The minimum absolute atomic E-state index is 0.153. The fourth-order valence-corrected chi connectivity index (χ4v) is 6.38. The molecule has 236 valence electrons. The van der Waals surface area contributed by atoms with Crippen LogP contribution in [0, 0.1) is 6.92 Å². The number of carbonyl (C=O) groups is 1. The lowest BCUT2D eigenvalue weighted by Crippen LogP contribution is -2.49. The van der Waals surface area contributed by atoms with Crippen LogP contribution in [0.3, 0.4) is 0 Å². The van der Waals surface area contributed by atoms with E-state index in [-0.39, 0.29) is 35.8 Å². The van der Waals surface area contributed by atoms with Gasteiger partial charge < -0.3 is 24.2 Å². The van der Waals surface area contributed by atoms with E-state index in [0.29, 0.717) is 49.9 Å². The van der Waals surface area contributed by atoms with Crippen LogP contribution >= 0.6 is 0 Å². The van der Waals surface area contributed by atoms with Crippen molar-refractivity contribution in [2.75, 3.05) is 51.3 Å². The van der Waals surface area contributed by atoms with Crippen LogP contribution in [0.2, 0.25) is 0 Å². The van der Waals surface area contributed by atoms with Gasteiger partial charge in [-0.1, -0.05) is 66.7 Å². The summed E-state index contributed by atoms with van der Waals surface area (Å²) >= 11 is 0. The molecule has 3 aromatic carbocycles. The Morgan fingerprint density at radius 1 is 0.870 bits per heavy atom. The van der Waals surface area contributed by atoms with Gasteiger partial charge in [0, 0.05) is 37.6 Å². The van der Waals surface area contributed by atoms with E-state index in [1.165, 1.54) is 0 Å². The number of hydrogen-bond acceptors (Lipinski definition) is 9. The largest absolute Gasteiger partial charge is 0.462 e. The molecular formula is C35H37N7O4. The highest BCUT2D eigenvalue weighted by Gasteiger charge is 2.28. The summed E-state index contributed by atoms with van der Waals surface area (Å²) in [6.45, 7) is 5.36. The van der Waals surface area contributed by atoms with E-state index < -0.39 is 0 Å². The second-order valence-corrected chi connectivity index (χ2v) is 11.9. The predicted molar refractivity (Wildman–Crippen MR) is 177 cm³/mol. The average molecular weight is 620 g/mol. The van der Waals surface area contributed by atoms with Gasteiger partial charge in [0.15, 0.2) is 11.3 Å². The fraction of sp³-hybridized carbons (Fsp3) is 0.343. The number of rotatable bonds is 7. The van der Waals surface area contributed by atoms with Gasteiger partial charge in [0.2, 0.25) is 0 Å². The molecule has 5 aromatic rings. The number of nitrogens with zero attached hydrogens (tertiary/aromatic N) is 7. The van der Waals surface area contributed by atoms with Crippen molar-refractivity contribution in [3.63, 3.8) is 0 Å². The molecule has 0 N–H and O–H groups in total. The van der Waals surface area contributed by atoms with E-state index in [9.17, 15) is 9.59 Å². The minimum Gasteiger partial charge on any atom is -0.462 e. The number of ether oxygens (including phenoxy) is 2. The highest BCUT2D eigenvalue weighted by molar-refractivity contribution is 5.91. The Morgan fingerprint density at radius 2 is 1.63 bits per heavy atom. The number of fused-ring (bicyclic) bond motifs is 2. The molecule has 0 aliphatic carbocycles. The number of likely N-dealkylation sites (N-methyl/N-ethyl adjacent to an activating group) is 1. The molecule has 11 nitrogen and oxygen atoms in total. The molecule has 2 aromatic heterocycles. The lowest BCUT2D eigenvalue weighted by Gasteiger charge is -2.35. The number of aromatic nitrogens is 4. The van der Waals surface area contributed by atoms with Crippen molar-refractivity contribution in [1.29, 1.82) is 0 Å². The van der Waals surface area contributed by atoms with Crippen LogP contribution in [0.4, 0.5) is 10.6 Å². The zero-order valence-corrected chi connectivity index (χ0v) is 26.1. The second kappa shape index (κ2) is 12.8. The summed E-state index contributed by atoms with van der Waals surface area (Å²) in [5.41, 5.74) is 2.02. The third-order valence-electron chi connectivity index (χ3n) is 8.97. The van der Waals surface area contributed by atoms with Gasteiger partial charge in [-0.05, 0) is 50.4 Å². The van der Waals surface area contributed by atoms with Crippen molar-refractivity contribution in [1.82, 2.24) is 29.3 Å². The Labute approximate surface area is 267 Å². The van der Waals surface area contributed by atoms with E-state index in [0.717, 1.165) is 41.4 Å². The number of aryl methyl sites for hydroxylation is 1. The SMILES string of the molecule is Cc1nc2c(N3CCN(C(=O)OCc4ccccc4)CC3)nc(OC[C@@H]3CCCN3C)nc2c(=O)n1-c1cccc2ccccc12. The Bertz CT molecular complexity index is 1930. The highest BCUT2D eigenvalue weighted by atomic mass is 16.6. The molecule has 1 amide bonds. The first-order chi connectivity index (χ1) is 22.5. The molecule has 0 spiro atoms. The Kier molecular flexibility index (Phi) is 8.23. The summed E-state index contributed by atoms with van der Waals surface area (Å²) < 4.78 is 13.4. The number of amides is 1. The molecule has 46 heavy (non-hydrogen) atoms. The molecule has 1 atom stereocenters. The summed E-state index contributed by atoms with van der Waals surface area (Å²) in [7, 11) is 2.09. The quantitative estimate of drug-likeness (QED) is 0.259. The Balaban J connectivity index is 1.21. The summed E-state index contributed by atoms with van der Waals surface area (Å²) in [6, 6.07) is 23.9. The standard InChI is InChI=1S/C35H37N7O4/c1-24-36-30-31(33(43)42(24)29-16-8-13-26-12-6-7-15-28(26)29)37-34(45-23-27-14-9-17-39(27)2)38-32(30)40-18-20-41(21-19-40)35(44)46-22-25-10-4-3-5-11-25/h3-8,10-13,15-16,27H,9,14,17-23H2,1-2H3/t27-/m0/s1. The zero-order valence-electron chi connectivity index (χ0n) is 26.1. The first-order valence-electron chi connectivity index (χ1n) is 15.8. The summed E-state index contributed by atoms with van der Waals surface area (Å²) in [4.78, 5) is 47.6. The molecule has 7 rings (SSSR count). The molecule has 0 saturated carbocycles. The van der Waals surface area contributed by atoms with Gasteiger partial charge in [-0.25, -0.2) is 9.78 Å². The van der Waals surface area contributed by atoms with E-state index in [2.05, 4.69) is 16.9 Å². The van der Waals surface area contributed by atoms with Crippen LogP contribution in [0.25, 0.3) is 27.5 Å². The predicted octanol–water partition coefficient (Wildman–Crippen LogP) is 4.57. The molecule has 2 saturated heterocycles. The number of piperazine rings is 1. The lowest BCUT2D eigenvalue weighted by molar-refractivity contribution is 0.0941. The van der Waals surface area contributed by atoms with Crippen molar-refractivity contribution >= 4 is 33.7 Å². The van der Waals surface area contributed by atoms with Crippen LogP contribution in [0.15, 0.2) is 77.6 Å². The van der Waals surface area contributed by atoms with E-state index in [1.54, 1.807) is 9.47 Å². The maximum Gasteiger partial charge on any atom is 0.410 e. The summed E-state index contributed by atoms with van der Waals surface area (Å²) in [5, 5.41) is 1.97. The summed E-state index contributed by atoms with van der Waals surface area (Å²) in [6.07, 6.45) is 1.80. The average Bonchev–Trinajstić information content (AvgIpc) is 3.51. The van der Waals surface area contributed by atoms with Crippen molar-refractivity contribution in [3.05, 3.63) is 94.5 Å². The monoisotopic (exact) mass is 619 g/mol. The van der Waals surface area contributed by atoms with Crippen molar-refractivity contribution < 1.29 is 14.3 Å². The van der Waals surface area contributed by atoms with Crippen LogP contribution in [-0.2, 0) is 11.3 Å². The first kappa shape index (κ1) is 29.7. The zero-order chi connectivity index (χ0) is 31.6. The van der Waals surface area contributed by atoms with Gasteiger partial charge in [-0.2, -0.15) is 9.97 Å².